The lowest BCUT2D eigenvalue weighted by Crippen LogP contribution is -2.28. The van der Waals surface area contributed by atoms with Crippen molar-refractivity contribution in [3.63, 3.8) is 0 Å². The third kappa shape index (κ3) is 3.99. The van der Waals surface area contributed by atoms with E-state index in [9.17, 15) is 14.0 Å². The van der Waals surface area contributed by atoms with E-state index < -0.39 is 17.3 Å². The monoisotopic (exact) mass is 442 g/mol. The molecule has 2 aromatic carbocycles. The van der Waals surface area contributed by atoms with Crippen LogP contribution in [0.5, 0.6) is 5.75 Å². The van der Waals surface area contributed by atoms with Crippen LogP contribution in [0.4, 0.5) is 10.1 Å². The lowest BCUT2D eigenvalue weighted by Gasteiger charge is -2.12. The van der Waals surface area contributed by atoms with Gasteiger partial charge in [0.1, 0.15) is 35.5 Å². The van der Waals surface area contributed by atoms with Gasteiger partial charge in [-0.3, -0.25) is 14.2 Å². The van der Waals surface area contributed by atoms with E-state index in [1.54, 1.807) is 19.1 Å². The summed E-state index contributed by atoms with van der Waals surface area (Å²) in [6.45, 7) is 1.49. The van der Waals surface area contributed by atoms with Crippen molar-refractivity contribution in [1.29, 1.82) is 0 Å². The van der Waals surface area contributed by atoms with Gasteiger partial charge >= 0.3 is 0 Å². The van der Waals surface area contributed by atoms with Gasteiger partial charge in [-0.1, -0.05) is 16.8 Å². The number of nitrogens with one attached hydrogen (secondary N) is 1. The maximum Gasteiger partial charge on any atom is 0.267 e. The first-order valence-corrected chi connectivity index (χ1v) is 9.50. The van der Waals surface area contributed by atoms with E-state index in [-0.39, 0.29) is 23.3 Å². The van der Waals surface area contributed by atoms with Crippen LogP contribution in [0.2, 0.25) is 5.02 Å². The summed E-state index contributed by atoms with van der Waals surface area (Å²) in [6.07, 6.45) is 1.20. The van der Waals surface area contributed by atoms with Crippen molar-refractivity contribution in [3.05, 3.63) is 69.5 Å². The number of amides is 1. The zero-order chi connectivity index (χ0) is 22.1. The fraction of sp³-hybridized carbons (Fsp3) is 0.143. The van der Waals surface area contributed by atoms with E-state index in [1.165, 1.54) is 37.7 Å². The molecule has 1 N–H and O–H groups in total. The summed E-state index contributed by atoms with van der Waals surface area (Å²) in [6, 6.07) is 8.73. The predicted molar refractivity (Wildman–Crippen MR) is 113 cm³/mol. The molecule has 4 aromatic rings. The number of rotatable bonds is 5. The predicted octanol–water partition coefficient (Wildman–Crippen LogP) is 3.80. The molecule has 2 aromatic heterocycles. The lowest BCUT2D eigenvalue weighted by atomic mass is 10.1. The molecule has 31 heavy (non-hydrogen) atoms. The Bertz CT molecular complexity index is 1350. The van der Waals surface area contributed by atoms with Crippen LogP contribution in [0.3, 0.4) is 0 Å². The van der Waals surface area contributed by atoms with Crippen LogP contribution in [0, 0.1) is 12.7 Å². The standard InChI is InChI=1S/C21H16ClFN4O4/c1-11-7-15(16(30-2)8-14(11)22)25-17(28)9-27-10-24-20-18(21(27)29)19(26-31-20)12-3-5-13(23)6-4-12/h3-8,10H,9H2,1-2H3,(H,25,28). The van der Waals surface area contributed by atoms with Crippen LogP contribution >= 0.6 is 11.6 Å². The molecule has 0 aliphatic heterocycles. The Kier molecular flexibility index (Phi) is 5.43. The van der Waals surface area contributed by atoms with Gasteiger partial charge in [-0.15, -0.1) is 0 Å². The number of hydrogen-bond donors (Lipinski definition) is 1. The number of benzene rings is 2. The maximum absolute atomic E-state index is 13.2. The summed E-state index contributed by atoms with van der Waals surface area (Å²) >= 11 is 6.09. The number of methoxy groups -OCH3 is 1. The molecule has 158 valence electrons. The normalized spacial score (nSPS) is 11.0. The topological polar surface area (TPSA) is 99.2 Å². The molecule has 2 heterocycles. The number of aryl methyl sites for hydroxylation is 1. The summed E-state index contributed by atoms with van der Waals surface area (Å²) in [5.74, 6) is -0.498. The van der Waals surface area contributed by atoms with Crippen molar-refractivity contribution >= 4 is 34.3 Å². The van der Waals surface area contributed by atoms with E-state index in [4.69, 9.17) is 20.9 Å². The highest BCUT2D eigenvalue weighted by molar-refractivity contribution is 6.31. The first kappa shape index (κ1) is 20.5. The summed E-state index contributed by atoms with van der Waals surface area (Å²) in [4.78, 5) is 29.6. The smallest absolute Gasteiger partial charge is 0.267 e. The van der Waals surface area contributed by atoms with E-state index in [1.807, 2.05) is 0 Å². The molecule has 0 unspecified atom stereocenters. The van der Waals surface area contributed by atoms with Crippen molar-refractivity contribution in [2.75, 3.05) is 12.4 Å². The number of halogens is 2. The molecule has 0 radical (unpaired) electrons. The van der Waals surface area contributed by atoms with Gasteiger partial charge in [0.15, 0.2) is 0 Å². The zero-order valence-electron chi connectivity index (χ0n) is 16.5. The van der Waals surface area contributed by atoms with Crippen LogP contribution in [-0.2, 0) is 11.3 Å². The van der Waals surface area contributed by atoms with Crippen LogP contribution in [0.1, 0.15) is 5.56 Å². The van der Waals surface area contributed by atoms with Gasteiger partial charge < -0.3 is 14.6 Å². The Hall–Kier alpha value is -3.72. The third-order valence-electron chi connectivity index (χ3n) is 4.65. The Morgan fingerprint density at radius 3 is 2.74 bits per heavy atom. The number of aromatic nitrogens is 3. The van der Waals surface area contributed by atoms with Crippen molar-refractivity contribution in [2.24, 2.45) is 0 Å². The average Bonchev–Trinajstić information content (AvgIpc) is 3.18. The minimum Gasteiger partial charge on any atom is -0.495 e. The molecule has 10 heteroatoms. The Labute approximate surface area is 180 Å². The fourth-order valence-electron chi connectivity index (χ4n) is 3.07. The molecular formula is C21H16ClFN4O4. The highest BCUT2D eigenvalue weighted by Crippen LogP contribution is 2.31. The van der Waals surface area contributed by atoms with Crippen LogP contribution in [0.15, 0.2) is 52.0 Å². The number of carbonyl (C=O) groups is 1. The largest absolute Gasteiger partial charge is 0.495 e. The second kappa shape index (κ2) is 8.19. The molecule has 0 saturated heterocycles. The van der Waals surface area contributed by atoms with Crippen molar-refractivity contribution < 1.29 is 18.4 Å². The number of hydrogen-bond acceptors (Lipinski definition) is 6. The molecule has 0 aliphatic carbocycles. The highest BCUT2D eigenvalue weighted by Gasteiger charge is 2.18. The van der Waals surface area contributed by atoms with Crippen LogP contribution in [0.25, 0.3) is 22.4 Å². The van der Waals surface area contributed by atoms with Gasteiger partial charge in [-0.25, -0.2) is 9.37 Å². The minimum atomic E-state index is -0.514. The van der Waals surface area contributed by atoms with E-state index in [2.05, 4.69) is 15.5 Å². The first-order chi connectivity index (χ1) is 14.9. The number of carbonyl (C=O) groups excluding carboxylic acids is 1. The number of fused-ring (bicyclic) bond motifs is 1. The molecule has 4 rings (SSSR count). The quantitative estimate of drug-likeness (QED) is 0.504. The zero-order valence-corrected chi connectivity index (χ0v) is 17.2. The molecule has 0 aliphatic rings. The van der Waals surface area contributed by atoms with Gasteiger partial charge in [0.05, 0.1) is 12.8 Å². The van der Waals surface area contributed by atoms with Crippen molar-refractivity contribution in [1.82, 2.24) is 14.7 Å². The molecule has 8 nitrogen and oxygen atoms in total. The number of nitrogens with zero attached hydrogens (tertiary/aromatic N) is 3. The average molecular weight is 443 g/mol. The van der Waals surface area contributed by atoms with E-state index in [0.717, 1.165) is 10.1 Å². The summed E-state index contributed by atoms with van der Waals surface area (Å²) in [7, 11) is 1.46. The maximum atomic E-state index is 13.2. The van der Waals surface area contributed by atoms with Crippen molar-refractivity contribution in [2.45, 2.75) is 13.5 Å². The number of ether oxygens (including phenoxy) is 1. The second-order valence-corrected chi connectivity index (χ2v) is 7.15. The van der Waals surface area contributed by atoms with Gasteiger partial charge in [-0.2, -0.15) is 0 Å². The van der Waals surface area contributed by atoms with Crippen LogP contribution in [-0.4, -0.2) is 27.7 Å². The summed E-state index contributed by atoms with van der Waals surface area (Å²) in [5, 5.41) is 7.19. The SMILES string of the molecule is COc1cc(Cl)c(C)cc1NC(=O)Cn1cnc2onc(-c3ccc(F)cc3)c2c1=O. The van der Waals surface area contributed by atoms with Gasteiger partial charge in [0.25, 0.3) is 11.3 Å². The van der Waals surface area contributed by atoms with Crippen LogP contribution < -0.4 is 15.6 Å². The first-order valence-electron chi connectivity index (χ1n) is 9.12. The highest BCUT2D eigenvalue weighted by atomic mass is 35.5. The Morgan fingerprint density at radius 1 is 1.29 bits per heavy atom. The third-order valence-corrected chi connectivity index (χ3v) is 5.06. The summed E-state index contributed by atoms with van der Waals surface area (Å²) in [5.41, 5.74) is 1.40. The van der Waals surface area contributed by atoms with E-state index >= 15 is 0 Å². The molecular weight excluding hydrogens is 427 g/mol. The fourth-order valence-corrected chi connectivity index (χ4v) is 3.23. The molecule has 0 bridgehead atoms. The summed E-state index contributed by atoms with van der Waals surface area (Å²) < 4.78 is 24.7. The Morgan fingerprint density at radius 2 is 2.03 bits per heavy atom. The Balaban J connectivity index is 1.65. The second-order valence-electron chi connectivity index (χ2n) is 6.75. The van der Waals surface area contributed by atoms with E-state index in [0.29, 0.717) is 22.0 Å². The van der Waals surface area contributed by atoms with Crippen molar-refractivity contribution in [3.8, 4) is 17.0 Å². The number of anilines is 1. The molecule has 0 saturated carbocycles. The van der Waals surface area contributed by atoms with Gasteiger partial charge in [-0.05, 0) is 42.8 Å². The minimum absolute atomic E-state index is 0.0241. The van der Waals surface area contributed by atoms with Gasteiger partial charge in [0, 0.05) is 16.7 Å². The lowest BCUT2D eigenvalue weighted by molar-refractivity contribution is -0.116. The molecule has 0 atom stereocenters. The molecule has 0 fully saturated rings. The molecule has 0 spiro atoms. The molecule has 1 amide bonds. The van der Waals surface area contributed by atoms with Gasteiger partial charge in [0.2, 0.25) is 5.91 Å².